The van der Waals surface area contributed by atoms with Crippen molar-refractivity contribution in [2.24, 2.45) is 0 Å². The van der Waals surface area contributed by atoms with Crippen LogP contribution in [0.4, 0.5) is 5.69 Å². The Balaban J connectivity index is 1.85. The second-order valence-corrected chi connectivity index (χ2v) is 9.61. The van der Waals surface area contributed by atoms with Crippen LogP contribution in [-0.2, 0) is 23.0 Å². The minimum absolute atomic E-state index is 0.0348. The Morgan fingerprint density at radius 1 is 1.11 bits per heavy atom. The van der Waals surface area contributed by atoms with Crippen molar-refractivity contribution in [1.29, 1.82) is 0 Å². The first-order valence-electron chi connectivity index (χ1n) is 9.11. The highest BCUT2D eigenvalue weighted by atomic mass is 35.5. The van der Waals surface area contributed by atoms with Crippen LogP contribution in [0.3, 0.4) is 0 Å². The fraction of sp³-hybridized carbons (Fsp3) is 0.400. The predicted octanol–water partition coefficient (Wildman–Crippen LogP) is 1.55. The van der Waals surface area contributed by atoms with Crippen molar-refractivity contribution in [2.45, 2.75) is 19.0 Å². The topological polar surface area (TPSA) is 53.9 Å². The molecule has 1 aliphatic rings. The maximum atomic E-state index is 11.9. The molecule has 1 heterocycles. The maximum Gasteiger partial charge on any atom is 0.225 e. The SMILES string of the molecule is CN(C)c1ccc([C@H](CNS(=O)(=O)CCl)[NH+]2CCc3ccccc3C2)cc1. The standard InChI is InChI=1S/C20H26ClN3O2S/c1-23(2)19-9-7-17(8-10-19)20(13-22-27(25,26)15-21)24-12-11-16-5-3-4-6-18(16)14-24/h3-10,20,22H,11-15H2,1-2H3/p+1/t20-/m0/s1. The van der Waals surface area contributed by atoms with Gasteiger partial charge in [-0.25, -0.2) is 13.1 Å². The predicted molar refractivity (Wildman–Crippen MR) is 111 cm³/mol. The van der Waals surface area contributed by atoms with E-state index >= 15 is 0 Å². The van der Waals surface area contributed by atoms with Crippen LogP contribution < -0.4 is 14.5 Å². The molecule has 27 heavy (non-hydrogen) atoms. The number of hydrogen-bond donors (Lipinski definition) is 2. The Morgan fingerprint density at radius 3 is 2.41 bits per heavy atom. The minimum atomic E-state index is -3.45. The van der Waals surface area contributed by atoms with E-state index in [1.165, 1.54) is 16.0 Å². The van der Waals surface area contributed by atoms with E-state index in [1.807, 2.05) is 14.1 Å². The molecule has 0 amide bonds. The van der Waals surface area contributed by atoms with Crippen LogP contribution in [0.2, 0.25) is 0 Å². The molecule has 7 heteroatoms. The number of fused-ring (bicyclic) bond motifs is 1. The van der Waals surface area contributed by atoms with E-state index in [0.29, 0.717) is 6.54 Å². The molecule has 0 aliphatic carbocycles. The van der Waals surface area contributed by atoms with Crippen LogP contribution in [0, 0.1) is 0 Å². The highest BCUT2D eigenvalue weighted by Crippen LogP contribution is 2.18. The third-order valence-corrected chi connectivity index (χ3v) is 6.96. The van der Waals surface area contributed by atoms with Gasteiger partial charge in [0.2, 0.25) is 10.0 Å². The third-order valence-electron chi connectivity index (χ3n) is 5.21. The number of anilines is 1. The monoisotopic (exact) mass is 408 g/mol. The molecule has 2 aromatic carbocycles. The molecule has 2 N–H and O–H groups in total. The number of benzene rings is 2. The summed E-state index contributed by atoms with van der Waals surface area (Å²) >= 11 is 5.57. The quantitative estimate of drug-likeness (QED) is 0.683. The van der Waals surface area contributed by atoms with Crippen LogP contribution in [-0.4, -0.2) is 40.8 Å². The van der Waals surface area contributed by atoms with Crippen molar-refractivity contribution in [3.05, 3.63) is 65.2 Å². The highest BCUT2D eigenvalue weighted by Gasteiger charge is 2.29. The minimum Gasteiger partial charge on any atom is -0.378 e. The lowest BCUT2D eigenvalue weighted by Crippen LogP contribution is -3.12. The molecule has 0 bridgehead atoms. The van der Waals surface area contributed by atoms with Gasteiger partial charge in [0.1, 0.15) is 17.8 Å². The lowest BCUT2D eigenvalue weighted by Gasteiger charge is -2.33. The van der Waals surface area contributed by atoms with Gasteiger partial charge in [-0.1, -0.05) is 36.4 Å². The lowest BCUT2D eigenvalue weighted by atomic mass is 9.96. The van der Waals surface area contributed by atoms with E-state index in [0.717, 1.165) is 30.8 Å². The summed E-state index contributed by atoms with van der Waals surface area (Å²) in [6, 6.07) is 16.9. The van der Waals surface area contributed by atoms with Crippen molar-refractivity contribution < 1.29 is 13.3 Å². The number of nitrogens with zero attached hydrogens (tertiary/aromatic N) is 1. The number of halogens is 1. The Bertz CT molecular complexity index is 869. The first kappa shape index (κ1) is 20.1. The van der Waals surface area contributed by atoms with Gasteiger partial charge in [-0.05, 0) is 17.7 Å². The first-order valence-corrected chi connectivity index (χ1v) is 11.3. The van der Waals surface area contributed by atoms with Gasteiger partial charge in [0.15, 0.2) is 0 Å². The van der Waals surface area contributed by atoms with Gasteiger partial charge in [-0.2, -0.15) is 0 Å². The van der Waals surface area contributed by atoms with Crippen molar-refractivity contribution in [1.82, 2.24) is 4.72 Å². The van der Waals surface area contributed by atoms with Gasteiger partial charge in [0.25, 0.3) is 0 Å². The van der Waals surface area contributed by atoms with Crippen molar-refractivity contribution in [3.63, 3.8) is 0 Å². The molecular weight excluding hydrogens is 382 g/mol. The summed E-state index contributed by atoms with van der Waals surface area (Å²) in [5, 5.41) is -0.419. The van der Waals surface area contributed by atoms with Crippen LogP contribution in [0.15, 0.2) is 48.5 Å². The van der Waals surface area contributed by atoms with E-state index < -0.39 is 15.2 Å². The van der Waals surface area contributed by atoms with Gasteiger partial charge in [0, 0.05) is 37.3 Å². The summed E-state index contributed by atoms with van der Waals surface area (Å²) in [7, 11) is 0.566. The van der Waals surface area contributed by atoms with E-state index in [-0.39, 0.29) is 6.04 Å². The first-order chi connectivity index (χ1) is 12.9. The molecular formula is C20H27ClN3O2S+. The molecule has 1 aliphatic heterocycles. The van der Waals surface area contributed by atoms with Gasteiger partial charge in [0.05, 0.1) is 13.1 Å². The Labute approximate surface area is 167 Å². The molecule has 0 fully saturated rings. The maximum absolute atomic E-state index is 11.9. The molecule has 0 saturated heterocycles. The molecule has 2 atom stereocenters. The average Bonchev–Trinajstić information content (AvgIpc) is 2.68. The van der Waals surface area contributed by atoms with Crippen LogP contribution >= 0.6 is 11.6 Å². The molecule has 0 radical (unpaired) electrons. The Morgan fingerprint density at radius 2 is 1.78 bits per heavy atom. The summed E-state index contributed by atoms with van der Waals surface area (Å²) in [6.07, 6.45) is 1.00. The molecule has 5 nitrogen and oxygen atoms in total. The molecule has 0 aromatic heterocycles. The van der Waals surface area contributed by atoms with E-state index in [4.69, 9.17) is 11.6 Å². The summed E-state index contributed by atoms with van der Waals surface area (Å²) < 4.78 is 26.5. The fourth-order valence-corrected chi connectivity index (χ4v) is 4.38. The smallest absolute Gasteiger partial charge is 0.225 e. The van der Waals surface area contributed by atoms with Gasteiger partial charge in [-0.15, -0.1) is 11.6 Å². The zero-order valence-electron chi connectivity index (χ0n) is 15.8. The third kappa shape index (κ3) is 5.02. The number of sulfonamides is 1. The van der Waals surface area contributed by atoms with Gasteiger partial charge >= 0.3 is 0 Å². The van der Waals surface area contributed by atoms with Gasteiger partial charge in [-0.3, -0.25) is 0 Å². The molecule has 3 rings (SSSR count). The van der Waals surface area contributed by atoms with Crippen LogP contribution in [0.1, 0.15) is 22.7 Å². The molecule has 0 saturated carbocycles. The van der Waals surface area contributed by atoms with E-state index in [9.17, 15) is 8.42 Å². The number of alkyl halides is 1. The van der Waals surface area contributed by atoms with Crippen molar-refractivity contribution >= 4 is 27.3 Å². The number of quaternary nitrogens is 1. The molecule has 0 spiro atoms. The molecule has 1 unspecified atom stereocenters. The van der Waals surface area contributed by atoms with Crippen LogP contribution in [0.25, 0.3) is 0 Å². The average molecular weight is 409 g/mol. The second-order valence-electron chi connectivity index (χ2n) is 7.21. The highest BCUT2D eigenvalue weighted by molar-refractivity contribution is 7.90. The van der Waals surface area contributed by atoms with Crippen LogP contribution in [0.5, 0.6) is 0 Å². The second kappa shape index (κ2) is 8.61. The zero-order chi connectivity index (χ0) is 19.4. The van der Waals surface area contributed by atoms with Crippen molar-refractivity contribution in [2.75, 3.05) is 37.3 Å². The summed E-state index contributed by atoms with van der Waals surface area (Å²) in [5.41, 5.74) is 4.99. The molecule has 146 valence electrons. The number of rotatable bonds is 7. The van der Waals surface area contributed by atoms with E-state index in [2.05, 4.69) is 58.2 Å². The largest absolute Gasteiger partial charge is 0.378 e. The number of hydrogen-bond acceptors (Lipinski definition) is 3. The van der Waals surface area contributed by atoms with Gasteiger partial charge < -0.3 is 9.80 Å². The summed E-state index contributed by atoms with van der Waals surface area (Å²) in [4.78, 5) is 3.42. The summed E-state index contributed by atoms with van der Waals surface area (Å²) in [6.45, 7) is 2.20. The zero-order valence-corrected chi connectivity index (χ0v) is 17.4. The van der Waals surface area contributed by atoms with Crippen molar-refractivity contribution in [3.8, 4) is 0 Å². The Hall–Kier alpha value is -1.60. The number of nitrogens with one attached hydrogen (secondary N) is 2. The fourth-order valence-electron chi connectivity index (χ4n) is 3.65. The lowest BCUT2D eigenvalue weighted by molar-refractivity contribution is -0.945. The summed E-state index contributed by atoms with van der Waals surface area (Å²) in [5.74, 6) is 0. The van der Waals surface area contributed by atoms with E-state index in [1.54, 1.807) is 0 Å². The molecule has 2 aromatic rings. The Kier molecular flexibility index (Phi) is 6.42. The normalized spacial score (nSPS) is 18.0.